The van der Waals surface area contributed by atoms with Crippen molar-refractivity contribution in [3.8, 4) is 6.07 Å². The first-order valence-corrected chi connectivity index (χ1v) is 14.9. The summed E-state index contributed by atoms with van der Waals surface area (Å²) in [6.45, 7) is 16.8. The van der Waals surface area contributed by atoms with Crippen LogP contribution in [0.25, 0.3) is 0 Å². The van der Waals surface area contributed by atoms with Gasteiger partial charge >= 0.3 is 0 Å². The minimum Gasteiger partial charge on any atom is -0.383 e. The molecule has 2 aromatic rings. The van der Waals surface area contributed by atoms with Crippen LogP contribution in [0.4, 0.5) is 11.5 Å². The number of pyridine rings is 1. The molecule has 4 rings (SSSR count). The van der Waals surface area contributed by atoms with Crippen molar-refractivity contribution in [3.05, 3.63) is 77.3 Å². The van der Waals surface area contributed by atoms with Gasteiger partial charge in [-0.1, -0.05) is 52.0 Å². The van der Waals surface area contributed by atoms with E-state index in [1.807, 2.05) is 63.8 Å². The summed E-state index contributed by atoms with van der Waals surface area (Å²) >= 11 is 0. The first kappa shape index (κ1) is 34.6. The molecule has 0 aliphatic carbocycles. The molecule has 1 aromatic heterocycles. The summed E-state index contributed by atoms with van der Waals surface area (Å²) in [4.78, 5) is 36.7. The lowest BCUT2D eigenvalue weighted by Gasteiger charge is -2.34. The molecule has 10 heteroatoms. The molecule has 1 fully saturated rings. The molecule has 43 heavy (non-hydrogen) atoms. The van der Waals surface area contributed by atoms with Gasteiger partial charge in [-0.15, -0.1) is 0 Å². The number of hydrogen-bond acceptors (Lipinski definition) is 8. The summed E-state index contributed by atoms with van der Waals surface area (Å²) < 4.78 is 0. The molecule has 1 aromatic carbocycles. The molecular formula is C33H45N9O. The molecule has 1 saturated heterocycles. The van der Waals surface area contributed by atoms with Gasteiger partial charge in [-0.2, -0.15) is 5.26 Å². The maximum absolute atomic E-state index is 12.8. The second kappa shape index (κ2) is 17.4. The van der Waals surface area contributed by atoms with Crippen LogP contribution in [0.3, 0.4) is 0 Å². The van der Waals surface area contributed by atoms with E-state index in [0.717, 1.165) is 42.4 Å². The van der Waals surface area contributed by atoms with Gasteiger partial charge in [0.25, 0.3) is 5.91 Å². The number of carbonyl (C=O) groups excluding carboxylic acids is 1. The van der Waals surface area contributed by atoms with Gasteiger partial charge in [-0.25, -0.2) is 15.0 Å². The minimum absolute atomic E-state index is 0.137. The number of aliphatic imine (C=N–C) groups is 3. The van der Waals surface area contributed by atoms with Gasteiger partial charge < -0.3 is 10.6 Å². The van der Waals surface area contributed by atoms with E-state index in [9.17, 15) is 4.79 Å². The van der Waals surface area contributed by atoms with Crippen molar-refractivity contribution >= 4 is 34.8 Å². The maximum Gasteiger partial charge on any atom is 0.272 e. The third-order valence-electron chi connectivity index (χ3n) is 6.65. The van der Waals surface area contributed by atoms with Gasteiger partial charge in [0.2, 0.25) is 0 Å². The average molecular weight is 584 g/mol. The fraction of sp³-hybridized carbons (Fsp3) is 0.394. The first-order chi connectivity index (χ1) is 20.9. The Hall–Kier alpha value is -4.62. The van der Waals surface area contributed by atoms with Crippen molar-refractivity contribution in [1.82, 2.24) is 14.8 Å². The molecule has 10 nitrogen and oxygen atoms in total. The number of aromatic nitrogens is 1. The second-order valence-electron chi connectivity index (χ2n) is 9.15. The Balaban J connectivity index is 0.00000155. The standard InChI is InChI=1S/C29H33N9O.2C2H6/c1-5-24-28(32-4)38(27(35-24)23-8-7-13-33-26(23)31)22-11-9-21(10-12-22)19-36-14-16-37(17-15-36)29(39)25(6-2)34-20(3)18-30;2*1-2/h5-13H,14-17,19H2,1-4H3,(H2,31,33);2*1-2H3/b24-5+,25-6-,32-28?,34-20?;;. The maximum atomic E-state index is 12.8. The first-order valence-electron chi connectivity index (χ1n) is 14.9. The number of amides is 1. The zero-order valence-corrected chi connectivity index (χ0v) is 26.8. The number of rotatable bonds is 6. The van der Waals surface area contributed by atoms with Crippen LogP contribution in [0, 0.1) is 11.3 Å². The second-order valence-corrected chi connectivity index (χ2v) is 9.15. The number of hydrogen-bond donors (Lipinski definition) is 1. The van der Waals surface area contributed by atoms with Gasteiger partial charge in [-0.05, 0) is 50.6 Å². The smallest absolute Gasteiger partial charge is 0.272 e. The van der Waals surface area contributed by atoms with E-state index in [0.29, 0.717) is 30.4 Å². The van der Waals surface area contributed by atoms with Crippen LogP contribution in [0.2, 0.25) is 0 Å². The lowest BCUT2D eigenvalue weighted by atomic mass is 10.1. The fourth-order valence-corrected chi connectivity index (χ4v) is 4.59. The van der Waals surface area contributed by atoms with E-state index in [1.54, 1.807) is 38.1 Å². The van der Waals surface area contributed by atoms with Crippen molar-refractivity contribution in [1.29, 1.82) is 5.26 Å². The van der Waals surface area contributed by atoms with Crippen LogP contribution in [0.5, 0.6) is 0 Å². The summed E-state index contributed by atoms with van der Waals surface area (Å²) in [5, 5.41) is 8.99. The van der Waals surface area contributed by atoms with Crippen LogP contribution in [0.15, 0.2) is 81.1 Å². The number of nitrogens with zero attached hydrogens (tertiary/aromatic N) is 8. The van der Waals surface area contributed by atoms with Crippen LogP contribution >= 0.6 is 0 Å². The third-order valence-corrected chi connectivity index (χ3v) is 6.65. The Morgan fingerprint density at radius 3 is 2.26 bits per heavy atom. The molecule has 2 aliphatic heterocycles. The number of nitrogens with two attached hydrogens (primary N) is 1. The number of piperazine rings is 1. The highest BCUT2D eigenvalue weighted by atomic mass is 16.2. The van der Waals surface area contributed by atoms with Crippen molar-refractivity contribution in [2.24, 2.45) is 15.0 Å². The number of amidine groups is 2. The summed E-state index contributed by atoms with van der Waals surface area (Å²) in [5.74, 6) is 1.72. The van der Waals surface area contributed by atoms with Crippen LogP contribution < -0.4 is 10.6 Å². The molecule has 0 spiro atoms. The topological polar surface area (TPSA) is 127 Å². The summed E-state index contributed by atoms with van der Waals surface area (Å²) in [5.41, 5.74) is 10.4. The highest BCUT2D eigenvalue weighted by molar-refractivity contribution is 6.34. The van der Waals surface area contributed by atoms with E-state index in [1.165, 1.54) is 5.56 Å². The molecule has 0 saturated carbocycles. The Labute approximate surface area is 256 Å². The number of allylic oxidation sites excluding steroid dienone is 2. The lowest BCUT2D eigenvalue weighted by molar-refractivity contribution is -0.128. The highest BCUT2D eigenvalue weighted by Crippen LogP contribution is 2.29. The minimum atomic E-state index is -0.137. The van der Waals surface area contributed by atoms with E-state index >= 15 is 0 Å². The molecular weight excluding hydrogens is 538 g/mol. The van der Waals surface area contributed by atoms with E-state index in [-0.39, 0.29) is 11.6 Å². The SMILES string of the molecule is C/C=C(\N=C(C)C#N)C(=O)N1CCN(Cc2ccc(N3C(=NC)/C(=C\C)N=C3c3cccnc3N)cc2)CC1.CC.CC. The molecule has 1 amide bonds. The molecule has 228 valence electrons. The zero-order valence-electron chi connectivity index (χ0n) is 26.8. The summed E-state index contributed by atoms with van der Waals surface area (Å²) in [6.07, 6.45) is 5.26. The molecule has 0 bridgehead atoms. The zero-order chi connectivity index (χ0) is 31.9. The Bertz CT molecular complexity index is 1420. The average Bonchev–Trinajstić information content (AvgIpc) is 3.44. The normalized spacial score (nSPS) is 17.5. The number of anilines is 2. The molecule has 0 atom stereocenters. The van der Waals surface area contributed by atoms with Gasteiger partial charge in [0.05, 0.1) is 5.56 Å². The van der Waals surface area contributed by atoms with Crippen molar-refractivity contribution < 1.29 is 4.79 Å². The van der Waals surface area contributed by atoms with Crippen molar-refractivity contribution in [3.63, 3.8) is 0 Å². The van der Waals surface area contributed by atoms with Crippen LogP contribution in [-0.4, -0.2) is 71.3 Å². The van der Waals surface area contributed by atoms with E-state index in [4.69, 9.17) is 16.0 Å². The predicted octanol–water partition coefficient (Wildman–Crippen LogP) is 5.45. The van der Waals surface area contributed by atoms with Crippen molar-refractivity contribution in [2.45, 2.75) is 55.0 Å². The summed E-state index contributed by atoms with van der Waals surface area (Å²) in [7, 11) is 1.76. The Kier molecular flexibility index (Phi) is 14.0. The summed E-state index contributed by atoms with van der Waals surface area (Å²) in [6, 6.07) is 14.1. The van der Waals surface area contributed by atoms with E-state index in [2.05, 4.69) is 44.1 Å². The lowest BCUT2D eigenvalue weighted by Crippen LogP contribution is -2.48. The Morgan fingerprint density at radius 1 is 1.07 bits per heavy atom. The van der Waals surface area contributed by atoms with Gasteiger partial charge in [0, 0.05) is 51.7 Å². The number of benzene rings is 1. The number of nitrogen functional groups attached to an aromatic ring is 1. The van der Waals surface area contributed by atoms with Crippen LogP contribution in [-0.2, 0) is 11.3 Å². The Morgan fingerprint density at radius 2 is 1.72 bits per heavy atom. The monoisotopic (exact) mass is 583 g/mol. The van der Waals surface area contributed by atoms with Gasteiger partial charge in [0.1, 0.15) is 29.0 Å². The fourth-order valence-electron chi connectivity index (χ4n) is 4.59. The molecule has 2 aliphatic rings. The quantitative estimate of drug-likeness (QED) is 0.356. The highest BCUT2D eigenvalue weighted by Gasteiger charge is 2.31. The van der Waals surface area contributed by atoms with Gasteiger partial charge in [-0.3, -0.25) is 19.6 Å². The van der Waals surface area contributed by atoms with Crippen molar-refractivity contribution in [2.75, 3.05) is 43.9 Å². The largest absolute Gasteiger partial charge is 0.383 e. The molecule has 3 heterocycles. The molecule has 0 unspecified atom stereocenters. The van der Waals surface area contributed by atoms with Crippen LogP contribution in [0.1, 0.15) is 59.6 Å². The van der Waals surface area contributed by atoms with E-state index < -0.39 is 0 Å². The molecule has 2 N–H and O–H groups in total. The predicted molar refractivity (Wildman–Crippen MR) is 178 cm³/mol. The number of nitriles is 1. The van der Waals surface area contributed by atoms with Gasteiger partial charge in [0.15, 0.2) is 11.7 Å². The molecule has 0 radical (unpaired) electrons. The number of carbonyl (C=O) groups is 1. The third kappa shape index (κ3) is 8.46.